The Balaban J connectivity index is 1.49. The number of anilines is 3. The SMILES string of the molecule is Nc1nc2c(c(=O)[nH]1)[N+]1=CN(c3ccc(C(=O)NC(CCC(=O)O)C(=O)O)cc3)C[C@H]1CN2. The van der Waals surface area contributed by atoms with E-state index in [1.807, 2.05) is 9.48 Å². The summed E-state index contributed by atoms with van der Waals surface area (Å²) in [5, 5.41) is 23.4. The molecule has 2 aromatic rings. The lowest BCUT2D eigenvalue weighted by molar-refractivity contribution is -0.468. The summed E-state index contributed by atoms with van der Waals surface area (Å²) < 4.78 is 1.83. The fourth-order valence-corrected chi connectivity index (χ4v) is 3.81. The molecule has 33 heavy (non-hydrogen) atoms. The molecule has 1 aromatic heterocycles. The fourth-order valence-electron chi connectivity index (χ4n) is 3.81. The van der Waals surface area contributed by atoms with Gasteiger partial charge in [0.25, 0.3) is 5.91 Å². The number of hydrogen-bond donors (Lipinski definition) is 6. The minimum atomic E-state index is -1.30. The van der Waals surface area contributed by atoms with Crippen molar-refractivity contribution < 1.29 is 29.2 Å². The van der Waals surface area contributed by atoms with Crippen LogP contribution in [0.25, 0.3) is 0 Å². The number of aromatic nitrogens is 2. The first kappa shape index (κ1) is 21.8. The van der Waals surface area contributed by atoms with Crippen LogP contribution in [0.1, 0.15) is 23.2 Å². The van der Waals surface area contributed by atoms with Gasteiger partial charge in [-0.1, -0.05) is 0 Å². The smallest absolute Gasteiger partial charge is 0.326 e. The maximum atomic E-state index is 12.4. The number of rotatable bonds is 7. The van der Waals surface area contributed by atoms with Crippen molar-refractivity contribution in [3.8, 4) is 0 Å². The average molecular weight is 456 g/mol. The molecule has 0 fully saturated rings. The molecule has 7 N–H and O–H groups in total. The Morgan fingerprint density at radius 3 is 2.67 bits per heavy atom. The predicted molar refractivity (Wildman–Crippen MR) is 117 cm³/mol. The van der Waals surface area contributed by atoms with Crippen molar-refractivity contribution in [2.45, 2.75) is 24.9 Å². The summed E-state index contributed by atoms with van der Waals surface area (Å²) in [5.41, 5.74) is 6.64. The van der Waals surface area contributed by atoms with Crippen molar-refractivity contribution >= 4 is 47.3 Å². The van der Waals surface area contributed by atoms with E-state index in [1.165, 1.54) is 0 Å². The molecule has 3 heterocycles. The van der Waals surface area contributed by atoms with Crippen LogP contribution in [0.2, 0.25) is 0 Å². The largest absolute Gasteiger partial charge is 0.481 e. The minimum absolute atomic E-state index is 0.0161. The number of aromatic amines is 1. The number of nitrogens with zero attached hydrogens (tertiary/aromatic N) is 3. The first-order valence-corrected chi connectivity index (χ1v) is 10.1. The van der Waals surface area contributed by atoms with Gasteiger partial charge < -0.3 is 26.6 Å². The van der Waals surface area contributed by atoms with Gasteiger partial charge in [-0.05, 0) is 30.7 Å². The van der Waals surface area contributed by atoms with Gasteiger partial charge in [-0.3, -0.25) is 19.4 Å². The Morgan fingerprint density at radius 2 is 2.00 bits per heavy atom. The summed E-state index contributed by atoms with van der Waals surface area (Å²) in [6.45, 7) is 1.14. The molecule has 0 bridgehead atoms. The normalized spacial score (nSPS) is 17.3. The van der Waals surface area contributed by atoms with E-state index >= 15 is 0 Å². The number of aliphatic carboxylic acids is 2. The van der Waals surface area contributed by atoms with Crippen LogP contribution in [-0.2, 0) is 9.59 Å². The highest BCUT2D eigenvalue weighted by molar-refractivity contribution is 5.97. The summed E-state index contributed by atoms with van der Waals surface area (Å²) in [6, 6.07) is 5.19. The van der Waals surface area contributed by atoms with Crippen molar-refractivity contribution in [2.75, 3.05) is 29.0 Å². The predicted octanol–water partition coefficient (Wildman–Crippen LogP) is -0.613. The van der Waals surface area contributed by atoms with Crippen LogP contribution in [0.5, 0.6) is 0 Å². The number of nitrogens with one attached hydrogen (secondary N) is 3. The van der Waals surface area contributed by atoms with Gasteiger partial charge in [0.1, 0.15) is 18.3 Å². The van der Waals surface area contributed by atoms with Gasteiger partial charge >= 0.3 is 17.5 Å². The number of carbonyl (C=O) groups is 3. The van der Waals surface area contributed by atoms with E-state index in [0.29, 0.717) is 24.6 Å². The van der Waals surface area contributed by atoms with E-state index in [9.17, 15) is 24.3 Å². The number of nitrogens with two attached hydrogens (primary N) is 1. The average Bonchev–Trinajstić information content (AvgIpc) is 3.20. The van der Waals surface area contributed by atoms with Crippen molar-refractivity contribution in [3.63, 3.8) is 0 Å². The molecule has 1 aromatic carbocycles. The van der Waals surface area contributed by atoms with Gasteiger partial charge in [-0.2, -0.15) is 4.98 Å². The van der Waals surface area contributed by atoms with Gasteiger partial charge in [0.05, 0.1) is 6.54 Å². The van der Waals surface area contributed by atoms with Gasteiger partial charge in [-0.15, -0.1) is 0 Å². The number of H-pyrrole nitrogens is 1. The Kier molecular flexibility index (Phi) is 5.69. The number of carboxylic acid groups (broad SMARTS) is 2. The molecule has 13 heteroatoms. The molecule has 1 amide bonds. The number of carboxylic acids is 2. The molecule has 1 unspecified atom stereocenters. The number of fused-ring (bicyclic) bond motifs is 3. The first-order chi connectivity index (χ1) is 15.7. The van der Waals surface area contributed by atoms with Crippen LogP contribution in [0.15, 0.2) is 29.1 Å². The molecule has 2 atom stereocenters. The van der Waals surface area contributed by atoms with E-state index in [4.69, 9.17) is 10.8 Å². The maximum Gasteiger partial charge on any atom is 0.326 e. The Labute approximate surface area is 186 Å². The van der Waals surface area contributed by atoms with Crippen LogP contribution in [0, 0.1) is 0 Å². The van der Waals surface area contributed by atoms with Crippen molar-refractivity contribution in [1.29, 1.82) is 0 Å². The quantitative estimate of drug-likeness (QED) is 0.293. The van der Waals surface area contributed by atoms with E-state index in [2.05, 4.69) is 20.6 Å². The third-order valence-corrected chi connectivity index (χ3v) is 5.45. The summed E-state index contributed by atoms with van der Waals surface area (Å²) in [6.07, 6.45) is 1.20. The van der Waals surface area contributed by atoms with Crippen LogP contribution in [0.3, 0.4) is 0 Å². The summed E-state index contributed by atoms with van der Waals surface area (Å²) in [7, 11) is 0. The molecular weight excluding hydrogens is 434 g/mol. The molecule has 172 valence electrons. The lowest BCUT2D eigenvalue weighted by Crippen LogP contribution is -2.41. The minimum Gasteiger partial charge on any atom is -0.481 e. The van der Waals surface area contributed by atoms with Crippen LogP contribution in [-0.4, -0.2) is 74.1 Å². The second-order valence-electron chi connectivity index (χ2n) is 7.70. The zero-order valence-corrected chi connectivity index (χ0v) is 17.3. The molecule has 13 nitrogen and oxygen atoms in total. The Morgan fingerprint density at radius 1 is 1.27 bits per heavy atom. The lowest BCUT2D eigenvalue weighted by atomic mass is 10.1. The summed E-state index contributed by atoms with van der Waals surface area (Å²) in [5.74, 6) is -2.62. The second-order valence-corrected chi connectivity index (χ2v) is 7.70. The Hall–Kier alpha value is -4.42. The zero-order chi connectivity index (χ0) is 23.7. The van der Waals surface area contributed by atoms with Crippen molar-refractivity contribution in [3.05, 3.63) is 40.2 Å². The second kappa shape index (κ2) is 8.61. The zero-order valence-electron chi connectivity index (χ0n) is 17.3. The van der Waals surface area contributed by atoms with Gasteiger partial charge in [0.15, 0.2) is 11.9 Å². The monoisotopic (exact) mass is 456 g/mol. The molecule has 0 radical (unpaired) electrons. The number of hydrogen-bond acceptors (Lipinski definition) is 8. The summed E-state index contributed by atoms with van der Waals surface area (Å²) >= 11 is 0. The lowest BCUT2D eigenvalue weighted by Gasteiger charge is -2.20. The van der Waals surface area contributed by atoms with E-state index in [1.54, 1.807) is 30.6 Å². The molecule has 2 aliphatic rings. The van der Waals surface area contributed by atoms with Gasteiger partial charge in [0, 0.05) is 12.0 Å². The number of nitrogen functional groups attached to an aromatic ring is 1. The van der Waals surface area contributed by atoms with Gasteiger partial charge in [0.2, 0.25) is 18.0 Å². The van der Waals surface area contributed by atoms with Gasteiger partial charge in [-0.25, -0.2) is 14.3 Å². The van der Waals surface area contributed by atoms with E-state index in [0.717, 1.165) is 5.69 Å². The third-order valence-electron chi connectivity index (χ3n) is 5.45. The Bertz CT molecular complexity index is 1210. The molecule has 0 aliphatic carbocycles. The van der Waals surface area contributed by atoms with E-state index in [-0.39, 0.29) is 36.0 Å². The van der Waals surface area contributed by atoms with Crippen molar-refractivity contribution in [1.82, 2.24) is 15.3 Å². The van der Waals surface area contributed by atoms with Crippen LogP contribution >= 0.6 is 0 Å². The third kappa shape index (κ3) is 4.46. The number of benzene rings is 1. The highest BCUT2D eigenvalue weighted by Gasteiger charge is 2.39. The molecule has 2 aliphatic heterocycles. The topological polar surface area (TPSA) is 194 Å². The van der Waals surface area contributed by atoms with Crippen LogP contribution < -0.4 is 26.8 Å². The molecule has 0 saturated carbocycles. The molecular formula is C20H22N7O6+. The fraction of sp³-hybridized carbons (Fsp3) is 0.300. The van der Waals surface area contributed by atoms with Crippen LogP contribution in [0.4, 0.5) is 23.1 Å². The first-order valence-electron chi connectivity index (χ1n) is 10.1. The van der Waals surface area contributed by atoms with Crippen molar-refractivity contribution in [2.24, 2.45) is 0 Å². The molecule has 4 rings (SSSR count). The standard InChI is InChI=1S/C20H21N7O6/c21-20-24-16-15(18(31)25-20)27-9-26(8-12(27)7-22-16)11-3-1-10(2-4-11)17(30)23-13(19(32)33)5-6-14(28)29/h1-4,9,12-13H,5-8H2,(H6-,21,22,23,24,25,28,29,30,31,32,33)/p+1/t12-,13?/m1/s1. The molecule has 0 saturated heterocycles. The summed E-state index contributed by atoms with van der Waals surface area (Å²) in [4.78, 5) is 55.4. The maximum absolute atomic E-state index is 12.4. The highest BCUT2D eigenvalue weighted by atomic mass is 16.4. The molecule has 0 spiro atoms. The van der Waals surface area contributed by atoms with E-state index < -0.39 is 23.9 Å². The number of amides is 1. The highest BCUT2D eigenvalue weighted by Crippen LogP contribution is 2.28. The number of carbonyl (C=O) groups excluding carboxylic acids is 1.